The van der Waals surface area contributed by atoms with Crippen LogP contribution in [0.25, 0.3) is 0 Å². The Hall–Kier alpha value is -1.11. The van der Waals surface area contributed by atoms with Gasteiger partial charge in [0.2, 0.25) is 0 Å². The van der Waals surface area contributed by atoms with E-state index in [1.165, 1.54) is 7.11 Å². The van der Waals surface area contributed by atoms with Crippen molar-refractivity contribution in [3.63, 3.8) is 0 Å². The predicted molar refractivity (Wildman–Crippen MR) is 82.0 cm³/mol. The van der Waals surface area contributed by atoms with Crippen molar-refractivity contribution in [3.8, 4) is 5.75 Å². The average molecular weight is 332 g/mol. The third kappa shape index (κ3) is 3.96. The Bertz CT molecular complexity index is 644. The van der Waals surface area contributed by atoms with Crippen molar-refractivity contribution in [3.05, 3.63) is 28.8 Å². The number of hydrogen-bond donors (Lipinski definition) is 0. The first-order valence-corrected chi connectivity index (χ1v) is 8.83. The summed E-state index contributed by atoms with van der Waals surface area (Å²) >= 11 is 6.01. The Morgan fingerprint density at radius 1 is 1.48 bits per heavy atom. The molecule has 0 bridgehead atoms. The summed E-state index contributed by atoms with van der Waals surface area (Å²) in [5.74, 6) is 0.647. The molecule has 0 saturated carbocycles. The van der Waals surface area contributed by atoms with Crippen LogP contribution in [0, 0.1) is 0 Å². The Morgan fingerprint density at radius 3 is 2.76 bits per heavy atom. The topological polar surface area (TPSA) is 63.7 Å². The minimum absolute atomic E-state index is 0.0781. The maximum absolute atomic E-state index is 12.3. The van der Waals surface area contributed by atoms with Gasteiger partial charge in [0, 0.05) is 18.2 Å². The number of carbonyl (C=O) groups excluding carboxylic acids is 1. The van der Waals surface area contributed by atoms with Crippen LogP contribution >= 0.6 is 11.6 Å². The lowest BCUT2D eigenvalue weighted by molar-refractivity contribution is 0.0908. The van der Waals surface area contributed by atoms with Gasteiger partial charge < -0.3 is 4.74 Å². The molecule has 1 aromatic carbocycles. The van der Waals surface area contributed by atoms with E-state index >= 15 is 0 Å². The monoisotopic (exact) mass is 331 g/mol. The first-order valence-electron chi connectivity index (χ1n) is 6.63. The third-order valence-electron chi connectivity index (χ3n) is 3.63. The summed E-state index contributed by atoms with van der Waals surface area (Å²) in [7, 11) is -1.46. The van der Waals surface area contributed by atoms with E-state index in [2.05, 4.69) is 0 Å². The van der Waals surface area contributed by atoms with E-state index in [4.69, 9.17) is 16.3 Å². The summed E-state index contributed by atoms with van der Waals surface area (Å²) in [5.41, 5.74) is 0.501. The lowest BCUT2D eigenvalue weighted by atomic mass is 10.1. The molecule has 0 amide bonds. The molecule has 116 valence electrons. The highest BCUT2D eigenvalue weighted by Gasteiger charge is 2.29. The van der Waals surface area contributed by atoms with Gasteiger partial charge in [0.15, 0.2) is 15.6 Å². The van der Waals surface area contributed by atoms with Gasteiger partial charge in [-0.05, 0) is 25.1 Å². The fourth-order valence-electron chi connectivity index (χ4n) is 2.38. The molecule has 0 spiro atoms. The summed E-state index contributed by atoms with van der Waals surface area (Å²) in [4.78, 5) is 14.2. The lowest BCUT2D eigenvalue weighted by Gasteiger charge is -2.32. The molecule has 1 unspecified atom stereocenters. The van der Waals surface area contributed by atoms with Crippen molar-refractivity contribution in [2.24, 2.45) is 0 Å². The Labute approximate surface area is 129 Å². The van der Waals surface area contributed by atoms with E-state index in [-0.39, 0.29) is 29.9 Å². The van der Waals surface area contributed by atoms with Gasteiger partial charge in [-0.15, -0.1) is 0 Å². The molecule has 1 saturated heterocycles. The molecular formula is C14H18ClNO4S. The molecule has 0 N–H and O–H groups in total. The molecule has 0 aromatic heterocycles. The van der Waals surface area contributed by atoms with E-state index in [9.17, 15) is 13.2 Å². The van der Waals surface area contributed by atoms with Crippen LogP contribution in [-0.4, -0.2) is 56.8 Å². The highest BCUT2D eigenvalue weighted by Crippen LogP contribution is 2.25. The van der Waals surface area contributed by atoms with Crippen LogP contribution < -0.4 is 4.74 Å². The van der Waals surface area contributed by atoms with Crippen LogP contribution in [0.3, 0.4) is 0 Å². The van der Waals surface area contributed by atoms with Crippen molar-refractivity contribution >= 4 is 27.2 Å². The second-order valence-corrected chi connectivity index (χ2v) is 7.84. The van der Waals surface area contributed by atoms with Crippen LogP contribution in [0.1, 0.15) is 17.3 Å². The van der Waals surface area contributed by atoms with Gasteiger partial charge in [-0.2, -0.15) is 0 Å². The molecule has 5 nitrogen and oxygen atoms in total. The number of benzene rings is 1. The number of rotatable bonds is 4. The van der Waals surface area contributed by atoms with Gasteiger partial charge >= 0.3 is 0 Å². The van der Waals surface area contributed by atoms with E-state index in [0.717, 1.165) is 0 Å². The molecule has 2 rings (SSSR count). The summed E-state index contributed by atoms with van der Waals surface area (Å²) < 4.78 is 28.1. The molecule has 0 aliphatic carbocycles. The van der Waals surface area contributed by atoms with Gasteiger partial charge in [-0.3, -0.25) is 9.69 Å². The minimum atomic E-state index is -2.97. The number of sulfone groups is 1. The zero-order valence-electron chi connectivity index (χ0n) is 12.0. The lowest BCUT2D eigenvalue weighted by Crippen LogP contribution is -2.48. The molecule has 1 fully saturated rings. The van der Waals surface area contributed by atoms with Gasteiger partial charge in [-0.1, -0.05) is 11.6 Å². The Morgan fingerprint density at radius 2 is 2.19 bits per heavy atom. The van der Waals surface area contributed by atoms with Gasteiger partial charge in [0.1, 0.15) is 5.75 Å². The molecule has 1 aliphatic heterocycles. The number of methoxy groups -OCH3 is 1. The minimum Gasteiger partial charge on any atom is -0.495 e. The van der Waals surface area contributed by atoms with Crippen LogP contribution in [0.15, 0.2) is 18.2 Å². The summed E-state index contributed by atoms with van der Waals surface area (Å²) in [6, 6.07) is 4.74. The SMILES string of the molecule is COc1ccc(C(=O)CN2CCS(=O)(=O)CC2C)cc1Cl. The molecular weight excluding hydrogens is 314 g/mol. The fourth-order valence-corrected chi connectivity index (χ4v) is 4.27. The normalized spacial score (nSPS) is 22.0. The van der Waals surface area contributed by atoms with E-state index in [1.54, 1.807) is 18.2 Å². The third-order valence-corrected chi connectivity index (χ3v) is 5.72. The fraction of sp³-hybridized carbons (Fsp3) is 0.500. The van der Waals surface area contributed by atoms with E-state index in [1.807, 2.05) is 11.8 Å². The molecule has 1 heterocycles. The van der Waals surface area contributed by atoms with Crippen LogP contribution in [-0.2, 0) is 9.84 Å². The number of ketones is 1. The second-order valence-electron chi connectivity index (χ2n) is 5.21. The van der Waals surface area contributed by atoms with Crippen molar-refractivity contribution < 1.29 is 17.9 Å². The number of hydrogen-bond acceptors (Lipinski definition) is 5. The standard InChI is InChI=1S/C14H18ClNO4S/c1-10-9-21(18,19)6-5-16(10)8-13(17)11-3-4-14(20-2)12(15)7-11/h3-4,7,10H,5-6,8-9H2,1-2H3. The van der Waals surface area contributed by atoms with Crippen molar-refractivity contribution in [2.75, 3.05) is 31.7 Å². The number of halogens is 1. The molecule has 7 heteroatoms. The zero-order valence-corrected chi connectivity index (χ0v) is 13.6. The number of nitrogens with zero attached hydrogens (tertiary/aromatic N) is 1. The van der Waals surface area contributed by atoms with Crippen LogP contribution in [0.5, 0.6) is 5.75 Å². The largest absolute Gasteiger partial charge is 0.495 e. The molecule has 1 aliphatic rings. The van der Waals surface area contributed by atoms with Gasteiger partial charge in [0.25, 0.3) is 0 Å². The summed E-state index contributed by atoms with van der Waals surface area (Å²) in [6.45, 7) is 2.41. The van der Waals surface area contributed by atoms with E-state index < -0.39 is 9.84 Å². The highest BCUT2D eigenvalue weighted by molar-refractivity contribution is 7.91. The van der Waals surface area contributed by atoms with Gasteiger partial charge in [0.05, 0.1) is 30.2 Å². The highest BCUT2D eigenvalue weighted by atomic mass is 35.5. The summed E-state index contributed by atoms with van der Waals surface area (Å²) in [5, 5.41) is 0.387. The van der Waals surface area contributed by atoms with Crippen molar-refractivity contribution in [1.82, 2.24) is 4.90 Å². The van der Waals surface area contributed by atoms with Crippen LogP contribution in [0.4, 0.5) is 0 Å². The second kappa shape index (κ2) is 6.34. The number of carbonyl (C=O) groups is 1. The first-order chi connectivity index (χ1) is 9.82. The van der Waals surface area contributed by atoms with Crippen molar-refractivity contribution in [1.29, 1.82) is 0 Å². The first kappa shape index (κ1) is 16.3. The average Bonchev–Trinajstić information content (AvgIpc) is 2.41. The van der Waals surface area contributed by atoms with Crippen LogP contribution in [0.2, 0.25) is 5.02 Å². The summed E-state index contributed by atoms with van der Waals surface area (Å²) in [6.07, 6.45) is 0. The number of ether oxygens (including phenoxy) is 1. The molecule has 21 heavy (non-hydrogen) atoms. The Balaban J connectivity index is 2.06. The molecule has 1 atom stereocenters. The maximum atomic E-state index is 12.3. The number of Topliss-reactive ketones (excluding diaryl/α,β-unsaturated/α-hetero) is 1. The molecule has 0 radical (unpaired) electrons. The van der Waals surface area contributed by atoms with E-state index in [0.29, 0.717) is 22.9 Å². The zero-order chi connectivity index (χ0) is 15.6. The quantitative estimate of drug-likeness (QED) is 0.785. The predicted octanol–water partition coefficient (Wildman–Crippen LogP) is 1.65. The maximum Gasteiger partial charge on any atom is 0.176 e. The molecule has 1 aromatic rings. The Kier molecular flexibility index (Phi) is 4.91. The van der Waals surface area contributed by atoms with Gasteiger partial charge in [-0.25, -0.2) is 8.42 Å². The van der Waals surface area contributed by atoms with Crippen molar-refractivity contribution in [2.45, 2.75) is 13.0 Å². The smallest absolute Gasteiger partial charge is 0.176 e.